The Balaban J connectivity index is 1.45. The Hall–Kier alpha value is -2.98. The molecule has 0 bridgehead atoms. The number of aromatic nitrogens is 4. The fraction of sp³-hybridized carbons (Fsp3) is 0.409. The van der Waals surface area contributed by atoms with E-state index >= 15 is 0 Å². The van der Waals surface area contributed by atoms with Gasteiger partial charge in [-0.1, -0.05) is 30.3 Å². The summed E-state index contributed by atoms with van der Waals surface area (Å²) in [6.07, 6.45) is 6.00. The summed E-state index contributed by atoms with van der Waals surface area (Å²) in [4.78, 5) is 21.7. The Morgan fingerprint density at radius 1 is 1.12 bits per heavy atom. The average Bonchev–Trinajstić information content (AvgIpc) is 3.37. The molecule has 2 aromatic heterocycles. The first-order chi connectivity index (χ1) is 15.3. The molecule has 9 nitrogen and oxygen atoms in total. The van der Waals surface area contributed by atoms with Crippen molar-refractivity contribution in [3.63, 3.8) is 0 Å². The van der Waals surface area contributed by atoms with Crippen molar-refractivity contribution in [1.82, 2.24) is 28.7 Å². The number of carbonyl (C=O) groups excluding carboxylic acids is 1. The second-order valence-electron chi connectivity index (χ2n) is 8.16. The minimum atomic E-state index is -3.66. The summed E-state index contributed by atoms with van der Waals surface area (Å²) in [5.41, 5.74) is 0.945. The number of aryl methyl sites for hydroxylation is 3. The van der Waals surface area contributed by atoms with E-state index in [0.717, 1.165) is 11.4 Å². The minimum Gasteiger partial charge on any atom is -0.342 e. The number of nitrogens with zero attached hydrogens (tertiary/aromatic N) is 5. The van der Waals surface area contributed by atoms with Gasteiger partial charge in [-0.25, -0.2) is 18.4 Å². The summed E-state index contributed by atoms with van der Waals surface area (Å²) in [5, 5.41) is 3.19. The second kappa shape index (κ2) is 8.87. The van der Waals surface area contributed by atoms with Crippen molar-refractivity contribution < 1.29 is 13.2 Å². The molecule has 1 amide bonds. The molecule has 32 heavy (non-hydrogen) atoms. The standard InChI is InChI=1S/C22H28N6O3S/c1-16-24-19(15-27(16)3)32(30,31)28-12-9-18(10-13-28)22(29)25-20(17-7-5-4-6-8-17)21-23-11-14-26(21)2/h4-8,11,14-15,18,20H,9-10,12-13H2,1-3H3,(H,25,29). The van der Waals surface area contributed by atoms with E-state index in [-0.39, 0.29) is 36.0 Å². The highest BCUT2D eigenvalue weighted by Crippen LogP contribution is 2.26. The van der Waals surface area contributed by atoms with Gasteiger partial charge in [-0.2, -0.15) is 4.31 Å². The molecular formula is C22H28N6O3S. The highest BCUT2D eigenvalue weighted by atomic mass is 32.2. The van der Waals surface area contributed by atoms with Gasteiger partial charge in [0.2, 0.25) is 5.91 Å². The quantitative estimate of drug-likeness (QED) is 0.609. The first kappa shape index (κ1) is 22.2. The lowest BCUT2D eigenvalue weighted by Crippen LogP contribution is -2.44. The number of benzene rings is 1. The largest absolute Gasteiger partial charge is 0.342 e. The second-order valence-corrected chi connectivity index (χ2v) is 10.0. The number of nitrogens with one attached hydrogen (secondary N) is 1. The first-order valence-corrected chi connectivity index (χ1v) is 12.0. The first-order valence-electron chi connectivity index (χ1n) is 10.6. The molecule has 1 saturated heterocycles. The van der Waals surface area contributed by atoms with Gasteiger partial charge in [0.1, 0.15) is 17.7 Å². The van der Waals surface area contributed by atoms with Crippen LogP contribution in [0.25, 0.3) is 0 Å². The molecule has 0 aliphatic carbocycles. The predicted molar refractivity (Wildman–Crippen MR) is 119 cm³/mol. The maximum absolute atomic E-state index is 13.1. The third-order valence-corrected chi connectivity index (χ3v) is 7.82. The minimum absolute atomic E-state index is 0.0549. The van der Waals surface area contributed by atoms with Crippen LogP contribution < -0.4 is 5.32 Å². The molecule has 1 aromatic carbocycles. The van der Waals surface area contributed by atoms with Crippen molar-refractivity contribution in [2.45, 2.75) is 30.8 Å². The van der Waals surface area contributed by atoms with E-state index < -0.39 is 10.0 Å². The molecule has 3 heterocycles. The van der Waals surface area contributed by atoms with Crippen LogP contribution in [0.3, 0.4) is 0 Å². The van der Waals surface area contributed by atoms with E-state index in [1.54, 1.807) is 24.7 Å². The fourth-order valence-electron chi connectivity index (χ4n) is 4.00. The van der Waals surface area contributed by atoms with Crippen molar-refractivity contribution in [1.29, 1.82) is 0 Å². The number of hydrogen-bond donors (Lipinski definition) is 1. The topological polar surface area (TPSA) is 102 Å². The number of carbonyl (C=O) groups is 1. The zero-order valence-electron chi connectivity index (χ0n) is 18.5. The zero-order chi connectivity index (χ0) is 22.9. The Labute approximate surface area is 188 Å². The summed E-state index contributed by atoms with van der Waals surface area (Å²) in [5.74, 6) is 1.03. The van der Waals surface area contributed by atoms with Crippen LogP contribution in [-0.2, 0) is 28.9 Å². The fourth-order valence-corrected chi connectivity index (χ4v) is 5.49. The highest BCUT2D eigenvalue weighted by molar-refractivity contribution is 7.89. The van der Waals surface area contributed by atoms with Crippen LogP contribution in [0.2, 0.25) is 0 Å². The molecule has 1 fully saturated rings. The normalized spacial score (nSPS) is 16.7. The lowest BCUT2D eigenvalue weighted by Gasteiger charge is -2.31. The van der Waals surface area contributed by atoms with Gasteiger partial charge in [-0.3, -0.25) is 4.79 Å². The SMILES string of the molecule is Cc1nc(S(=O)(=O)N2CCC(C(=O)NC(c3ccccc3)c3nccn3C)CC2)cn1C. The molecule has 1 unspecified atom stereocenters. The van der Waals surface area contributed by atoms with E-state index in [0.29, 0.717) is 18.7 Å². The van der Waals surface area contributed by atoms with E-state index in [1.165, 1.54) is 10.5 Å². The molecule has 170 valence electrons. The van der Waals surface area contributed by atoms with Gasteiger partial charge < -0.3 is 14.5 Å². The van der Waals surface area contributed by atoms with Crippen LogP contribution in [-0.4, -0.2) is 50.8 Å². The molecule has 1 aliphatic rings. The van der Waals surface area contributed by atoms with Gasteiger partial charge in [0.05, 0.1) is 0 Å². The van der Waals surface area contributed by atoms with Gasteiger partial charge in [0, 0.05) is 51.7 Å². The maximum atomic E-state index is 13.1. The van der Waals surface area contributed by atoms with E-state index in [1.807, 2.05) is 48.1 Å². The third-order valence-electron chi connectivity index (χ3n) is 6.05. The van der Waals surface area contributed by atoms with E-state index in [2.05, 4.69) is 15.3 Å². The van der Waals surface area contributed by atoms with Crippen LogP contribution in [0.1, 0.15) is 36.1 Å². The van der Waals surface area contributed by atoms with Crippen LogP contribution in [0.5, 0.6) is 0 Å². The van der Waals surface area contributed by atoms with Crippen molar-refractivity contribution in [2.24, 2.45) is 20.0 Å². The van der Waals surface area contributed by atoms with Crippen LogP contribution in [0.15, 0.2) is 53.9 Å². The lowest BCUT2D eigenvalue weighted by atomic mass is 9.96. The number of rotatable bonds is 6. The van der Waals surface area contributed by atoms with E-state index in [4.69, 9.17) is 0 Å². The van der Waals surface area contributed by atoms with Gasteiger partial charge in [0.25, 0.3) is 10.0 Å². The number of imidazole rings is 2. The summed E-state index contributed by atoms with van der Waals surface area (Å²) in [6, 6.07) is 9.34. The number of sulfonamides is 1. The summed E-state index contributed by atoms with van der Waals surface area (Å²) in [6.45, 7) is 2.34. The van der Waals surface area contributed by atoms with Crippen molar-refractivity contribution >= 4 is 15.9 Å². The Morgan fingerprint density at radius 2 is 1.81 bits per heavy atom. The van der Waals surface area contributed by atoms with Gasteiger partial charge in [-0.05, 0) is 25.3 Å². The Morgan fingerprint density at radius 3 is 2.38 bits per heavy atom. The molecule has 0 spiro atoms. The smallest absolute Gasteiger partial charge is 0.262 e. The Bertz CT molecular complexity index is 1170. The zero-order valence-corrected chi connectivity index (χ0v) is 19.3. The van der Waals surface area contributed by atoms with Crippen molar-refractivity contribution in [2.75, 3.05) is 13.1 Å². The maximum Gasteiger partial charge on any atom is 0.262 e. The van der Waals surface area contributed by atoms with Crippen molar-refractivity contribution in [3.8, 4) is 0 Å². The summed E-state index contributed by atoms with van der Waals surface area (Å²) < 4.78 is 30.8. The number of amides is 1. The van der Waals surface area contributed by atoms with Crippen LogP contribution in [0.4, 0.5) is 0 Å². The molecule has 1 N–H and O–H groups in total. The molecular weight excluding hydrogens is 428 g/mol. The molecule has 1 aliphatic heterocycles. The molecule has 1 atom stereocenters. The van der Waals surface area contributed by atoms with Crippen LogP contribution >= 0.6 is 0 Å². The lowest BCUT2D eigenvalue weighted by molar-refractivity contribution is -0.126. The third kappa shape index (κ3) is 4.33. The predicted octanol–water partition coefficient (Wildman–Crippen LogP) is 1.77. The molecule has 10 heteroatoms. The number of hydrogen-bond acceptors (Lipinski definition) is 5. The monoisotopic (exact) mass is 456 g/mol. The highest BCUT2D eigenvalue weighted by Gasteiger charge is 2.34. The molecule has 0 radical (unpaired) electrons. The average molecular weight is 457 g/mol. The van der Waals surface area contributed by atoms with Gasteiger partial charge >= 0.3 is 0 Å². The number of piperidine rings is 1. The van der Waals surface area contributed by atoms with Crippen molar-refractivity contribution in [3.05, 3.63) is 66.1 Å². The summed E-state index contributed by atoms with van der Waals surface area (Å²) in [7, 11) is -0.00112. The molecule has 0 saturated carbocycles. The van der Waals surface area contributed by atoms with E-state index in [9.17, 15) is 13.2 Å². The molecule has 3 aromatic rings. The van der Waals surface area contributed by atoms with Gasteiger partial charge in [-0.15, -0.1) is 0 Å². The molecule has 4 rings (SSSR count). The van der Waals surface area contributed by atoms with Gasteiger partial charge in [0.15, 0.2) is 5.03 Å². The Kier molecular flexibility index (Phi) is 6.16. The van der Waals surface area contributed by atoms with Crippen LogP contribution in [0, 0.1) is 12.8 Å². The summed E-state index contributed by atoms with van der Waals surface area (Å²) >= 11 is 0.